The van der Waals surface area contributed by atoms with E-state index in [4.69, 9.17) is 11.6 Å². The van der Waals surface area contributed by atoms with Crippen LogP contribution in [0.15, 0.2) is 11.6 Å². The molecule has 0 N–H and O–H groups in total. The first-order chi connectivity index (χ1) is 5.76. The van der Waals surface area contributed by atoms with Gasteiger partial charge in [-0.3, -0.25) is 0 Å². The van der Waals surface area contributed by atoms with Crippen LogP contribution in [0.2, 0.25) is 38.3 Å². The van der Waals surface area contributed by atoms with Crippen molar-refractivity contribution in [2.24, 2.45) is 0 Å². The summed E-state index contributed by atoms with van der Waals surface area (Å²) in [5.41, 5.74) is 0. The van der Waals surface area contributed by atoms with E-state index < -0.39 is 16.5 Å². The van der Waals surface area contributed by atoms with Crippen LogP contribution >= 0.6 is 11.6 Å². The van der Waals surface area contributed by atoms with Crippen LogP contribution in [-0.4, -0.2) is 27.2 Å². The molecule has 1 rings (SSSR count). The number of rotatable bonds is 2. The van der Waals surface area contributed by atoms with Gasteiger partial charge in [-0.25, -0.2) is 0 Å². The summed E-state index contributed by atoms with van der Waals surface area (Å²) >= 11 is 5.92. The smallest absolute Gasteiger partial charge is 0.115 e. The normalized spacial score (nSPS) is 26.2. The zero-order valence-corrected chi connectivity index (χ0v) is 11.9. The molecule has 13 heavy (non-hydrogen) atoms. The van der Waals surface area contributed by atoms with Crippen molar-refractivity contribution in [2.75, 3.05) is 6.54 Å². The van der Waals surface area contributed by atoms with Crippen molar-refractivity contribution in [2.45, 2.75) is 38.3 Å². The van der Waals surface area contributed by atoms with Gasteiger partial charge >= 0.3 is 0 Å². The highest BCUT2D eigenvalue weighted by atomic mass is 35.5. The molecule has 4 heteroatoms. The second-order valence-corrected chi connectivity index (χ2v) is 15.5. The topological polar surface area (TPSA) is 3.24 Å². The summed E-state index contributed by atoms with van der Waals surface area (Å²) in [6.07, 6.45) is 0. The van der Waals surface area contributed by atoms with Crippen molar-refractivity contribution in [1.82, 2.24) is 4.23 Å². The zero-order valence-electron chi connectivity index (χ0n) is 9.15. The van der Waals surface area contributed by atoms with Crippen molar-refractivity contribution >= 4 is 28.1 Å². The Bertz CT molecular complexity index is 210. The van der Waals surface area contributed by atoms with Crippen LogP contribution in [0.4, 0.5) is 0 Å². The summed E-state index contributed by atoms with van der Waals surface area (Å²) < 4.78 is 2.73. The number of hydrogen-bond acceptors (Lipinski definition) is 1. The Morgan fingerprint density at radius 3 is 1.92 bits per heavy atom. The summed E-state index contributed by atoms with van der Waals surface area (Å²) in [4.78, 5) is 0. The highest BCUT2D eigenvalue weighted by Gasteiger charge is 2.46. The van der Waals surface area contributed by atoms with Crippen LogP contribution in [-0.2, 0) is 0 Å². The first-order valence-electron chi connectivity index (χ1n) is 4.87. The number of halogens is 1. The molecule has 1 saturated heterocycles. The van der Waals surface area contributed by atoms with Crippen LogP contribution in [0.25, 0.3) is 0 Å². The monoisotopic (exact) mass is 233 g/mol. The molecular formula is C9H20ClNSi2. The van der Waals surface area contributed by atoms with E-state index in [1.807, 2.05) is 0 Å². The van der Waals surface area contributed by atoms with E-state index in [9.17, 15) is 0 Å². The Hall–Kier alpha value is 0.424. The average molecular weight is 234 g/mol. The predicted molar refractivity (Wildman–Crippen MR) is 66.3 cm³/mol. The summed E-state index contributed by atoms with van der Waals surface area (Å²) in [5.74, 6) is 0. The molecule has 0 spiro atoms. The zero-order chi connectivity index (χ0) is 10.3. The summed E-state index contributed by atoms with van der Waals surface area (Å²) in [6, 6.07) is 2.88. The molecule has 0 aliphatic carbocycles. The van der Waals surface area contributed by atoms with Crippen LogP contribution in [0.1, 0.15) is 0 Å². The quantitative estimate of drug-likeness (QED) is 0.661. The summed E-state index contributed by atoms with van der Waals surface area (Å²) in [6.45, 7) is 14.6. The summed E-state index contributed by atoms with van der Waals surface area (Å²) in [5, 5.41) is 0.808. The maximum atomic E-state index is 5.92. The Morgan fingerprint density at radius 2 is 1.62 bits per heavy atom. The van der Waals surface area contributed by atoms with E-state index >= 15 is 0 Å². The standard InChI is InChI=1S/C9H20ClNSi2/c1-9(10)8-11-12(2,3)6-7-13(11,4)5/h1,6-8H2,2-5H3. The fourth-order valence-corrected chi connectivity index (χ4v) is 16.5. The van der Waals surface area contributed by atoms with E-state index in [-0.39, 0.29) is 0 Å². The fourth-order valence-electron chi connectivity index (χ4n) is 2.30. The van der Waals surface area contributed by atoms with E-state index in [1.54, 1.807) is 0 Å². The Labute approximate surface area is 88.9 Å². The minimum Gasteiger partial charge on any atom is -0.341 e. The van der Waals surface area contributed by atoms with Gasteiger partial charge in [-0.2, -0.15) is 0 Å². The molecule has 0 saturated carbocycles. The second kappa shape index (κ2) is 3.53. The number of hydrogen-bond donors (Lipinski definition) is 0. The highest BCUT2D eigenvalue weighted by molar-refractivity contribution is 6.95. The first-order valence-corrected chi connectivity index (χ1v) is 11.6. The molecule has 76 valence electrons. The van der Waals surface area contributed by atoms with Gasteiger partial charge < -0.3 is 4.23 Å². The lowest BCUT2D eigenvalue weighted by Crippen LogP contribution is -2.55. The van der Waals surface area contributed by atoms with Crippen LogP contribution in [0.5, 0.6) is 0 Å². The van der Waals surface area contributed by atoms with Crippen molar-refractivity contribution < 1.29 is 0 Å². The molecule has 1 aliphatic rings. The molecule has 0 unspecified atom stereocenters. The van der Waals surface area contributed by atoms with E-state index in [0.717, 1.165) is 11.6 Å². The first kappa shape index (κ1) is 11.5. The second-order valence-electron chi connectivity index (χ2n) is 5.23. The molecule has 0 aromatic carbocycles. The van der Waals surface area contributed by atoms with Gasteiger partial charge in [0.05, 0.1) is 0 Å². The molecule has 0 amide bonds. The van der Waals surface area contributed by atoms with Gasteiger partial charge in [0, 0.05) is 11.6 Å². The lowest BCUT2D eigenvalue weighted by atomic mass is 10.7. The van der Waals surface area contributed by atoms with Crippen molar-refractivity contribution in [3.63, 3.8) is 0 Å². The molecule has 1 heterocycles. The fraction of sp³-hybridized carbons (Fsp3) is 0.778. The lowest BCUT2D eigenvalue weighted by Gasteiger charge is -2.38. The Kier molecular flexibility index (Phi) is 3.12. The molecule has 0 bridgehead atoms. The molecule has 1 nitrogen and oxygen atoms in total. The maximum Gasteiger partial charge on any atom is 0.115 e. The third-order valence-corrected chi connectivity index (χ3v) is 13.6. The van der Waals surface area contributed by atoms with Crippen LogP contribution in [0, 0.1) is 0 Å². The van der Waals surface area contributed by atoms with Gasteiger partial charge in [0.1, 0.15) is 16.5 Å². The molecular weight excluding hydrogens is 214 g/mol. The minimum atomic E-state index is -1.12. The predicted octanol–water partition coefficient (Wildman–Crippen LogP) is 3.46. The largest absolute Gasteiger partial charge is 0.341 e. The van der Waals surface area contributed by atoms with E-state index in [1.165, 1.54) is 12.1 Å². The molecule has 0 atom stereocenters. The summed E-state index contributed by atoms with van der Waals surface area (Å²) in [7, 11) is -2.24. The van der Waals surface area contributed by atoms with Gasteiger partial charge in [-0.15, -0.1) is 0 Å². The van der Waals surface area contributed by atoms with Crippen LogP contribution in [0.3, 0.4) is 0 Å². The van der Waals surface area contributed by atoms with Gasteiger partial charge in [-0.05, 0) is 12.1 Å². The van der Waals surface area contributed by atoms with Gasteiger partial charge in [0.25, 0.3) is 0 Å². The minimum absolute atomic E-state index is 0.808. The third kappa shape index (κ3) is 2.46. The number of nitrogens with zero attached hydrogens (tertiary/aromatic N) is 1. The SMILES string of the molecule is C=C(Cl)CN1[Si](C)(C)CC[Si]1(C)C. The van der Waals surface area contributed by atoms with Crippen molar-refractivity contribution in [1.29, 1.82) is 0 Å². The van der Waals surface area contributed by atoms with Gasteiger partial charge in [0.2, 0.25) is 0 Å². The molecule has 1 aliphatic heterocycles. The van der Waals surface area contributed by atoms with Crippen molar-refractivity contribution in [3.05, 3.63) is 11.6 Å². The van der Waals surface area contributed by atoms with Gasteiger partial charge in [-0.1, -0.05) is 44.4 Å². The molecule has 0 radical (unpaired) electrons. The van der Waals surface area contributed by atoms with Crippen molar-refractivity contribution in [3.8, 4) is 0 Å². The van der Waals surface area contributed by atoms with Crippen LogP contribution < -0.4 is 0 Å². The maximum absolute atomic E-state index is 5.92. The van der Waals surface area contributed by atoms with Gasteiger partial charge in [0.15, 0.2) is 0 Å². The lowest BCUT2D eigenvalue weighted by molar-refractivity contribution is 0.697. The Balaban J connectivity index is 2.81. The van der Waals surface area contributed by atoms with E-state index in [0.29, 0.717) is 0 Å². The molecule has 0 aromatic heterocycles. The Morgan fingerprint density at radius 1 is 1.23 bits per heavy atom. The van der Waals surface area contributed by atoms with E-state index in [2.05, 4.69) is 37.0 Å². The average Bonchev–Trinajstić information content (AvgIpc) is 2.12. The highest BCUT2D eigenvalue weighted by Crippen LogP contribution is 2.37. The molecule has 0 aromatic rings. The molecule has 1 fully saturated rings. The third-order valence-electron chi connectivity index (χ3n) is 3.14.